The summed E-state index contributed by atoms with van der Waals surface area (Å²) in [5, 5.41) is 3.04. The van der Waals surface area contributed by atoms with Crippen molar-refractivity contribution in [2.75, 3.05) is 0 Å². The number of fused-ring (bicyclic) bond motifs is 4. The summed E-state index contributed by atoms with van der Waals surface area (Å²) < 4.78 is 0. The van der Waals surface area contributed by atoms with Gasteiger partial charge in [-0.1, -0.05) is 6.42 Å². The Morgan fingerprint density at radius 2 is 2.10 bits per heavy atom. The molecule has 0 aromatic heterocycles. The van der Waals surface area contributed by atoms with Crippen LogP contribution in [0, 0.1) is 5.92 Å². The summed E-state index contributed by atoms with van der Waals surface area (Å²) in [6.07, 6.45) is 5.94. The van der Waals surface area contributed by atoms with Gasteiger partial charge in [0.2, 0.25) is 5.91 Å². The normalized spacial score (nSPS) is 39.0. The lowest BCUT2D eigenvalue weighted by molar-refractivity contribution is -0.127. The Morgan fingerprint density at radius 3 is 2.90 bits per heavy atom. The number of hydrogen-bond donors (Lipinski definition) is 1. The van der Waals surface area contributed by atoms with Gasteiger partial charge < -0.3 is 5.32 Å². The van der Waals surface area contributed by atoms with Crippen LogP contribution in [0.4, 0.5) is 0 Å². The van der Waals surface area contributed by atoms with E-state index in [0.717, 1.165) is 12.8 Å². The average molecular weight is 139 g/mol. The van der Waals surface area contributed by atoms with Gasteiger partial charge in [-0.15, -0.1) is 0 Å². The number of rotatable bonds is 0. The van der Waals surface area contributed by atoms with Crippen LogP contribution in [0.25, 0.3) is 0 Å². The van der Waals surface area contributed by atoms with E-state index in [4.69, 9.17) is 0 Å². The molecule has 2 bridgehead atoms. The Kier molecular flexibility index (Phi) is 1.40. The Labute approximate surface area is 61.0 Å². The molecule has 2 nitrogen and oxygen atoms in total. The van der Waals surface area contributed by atoms with E-state index in [1.165, 1.54) is 19.3 Å². The zero-order valence-electron chi connectivity index (χ0n) is 6.10. The van der Waals surface area contributed by atoms with E-state index >= 15 is 0 Å². The molecule has 0 aromatic rings. The maximum atomic E-state index is 11.2. The fourth-order valence-corrected chi connectivity index (χ4v) is 2.03. The maximum Gasteiger partial charge on any atom is 0.223 e. The summed E-state index contributed by atoms with van der Waals surface area (Å²) >= 11 is 0. The molecule has 2 unspecified atom stereocenters. The minimum atomic E-state index is 0.314. The minimum absolute atomic E-state index is 0.314. The van der Waals surface area contributed by atoms with Gasteiger partial charge in [0, 0.05) is 12.0 Å². The van der Waals surface area contributed by atoms with Gasteiger partial charge in [0.15, 0.2) is 0 Å². The van der Waals surface area contributed by atoms with Crippen molar-refractivity contribution in [3.05, 3.63) is 0 Å². The second-order valence-corrected chi connectivity index (χ2v) is 3.41. The van der Waals surface area contributed by atoms with Crippen molar-refractivity contribution >= 4 is 5.91 Å². The largest absolute Gasteiger partial charge is 0.353 e. The van der Waals surface area contributed by atoms with Gasteiger partial charge in [0.25, 0.3) is 0 Å². The highest BCUT2D eigenvalue weighted by Gasteiger charge is 2.30. The summed E-state index contributed by atoms with van der Waals surface area (Å²) in [6.45, 7) is 0. The van der Waals surface area contributed by atoms with E-state index in [1.54, 1.807) is 0 Å². The van der Waals surface area contributed by atoms with Crippen molar-refractivity contribution in [1.29, 1.82) is 0 Å². The van der Waals surface area contributed by atoms with Crippen LogP contribution in [0.15, 0.2) is 0 Å². The molecule has 0 aromatic carbocycles. The molecular weight excluding hydrogens is 126 g/mol. The summed E-state index contributed by atoms with van der Waals surface area (Å²) in [5.74, 6) is 0.674. The van der Waals surface area contributed by atoms with Crippen LogP contribution in [0.2, 0.25) is 0 Å². The molecule has 1 N–H and O–H groups in total. The van der Waals surface area contributed by atoms with E-state index in [1.807, 2.05) is 0 Å². The lowest BCUT2D eigenvalue weighted by atomic mass is 9.96. The molecule has 1 saturated carbocycles. The predicted molar refractivity (Wildman–Crippen MR) is 38.5 cm³/mol. The van der Waals surface area contributed by atoms with Crippen LogP contribution < -0.4 is 5.32 Å². The highest BCUT2D eigenvalue weighted by Crippen LogP contribution is 2.27. The molecule has 3 rings (SSSR count). The first-order chi connectivity index (χ1) is 4.86. The molecule has 2 heterocycles. The number of carbonyl (C=O) groups is 1. The molecule has 2 heteroatoms. The lowest BCUT2D eigenvalue weighted by Gasteiger charge is -2.23. The van der Waals surface area contributed by atoms with E-state index < -0.39 is 0 Å². The number of nitrogens with one attached hydrogen (secondary N) is 1. The Hall–Kier alpha value is -0.530. The Balaban J connectivity index is 2.15. The van der Waals surface area contributed by atoms with Crippen LogP contribution in [0.1, 0.15) is 32.1 Å². The molecule has 2 saturated heterocycles. The average Bonchev–Trinajstić information content (AvgIpc) is 2.20. The molecule has 3 fully saturated rings. The van der Waals surface area contributed by atoms with Gasteiger partial charge in [-0.3, -0.25) is 4.79 Å². The first-order valence-electron chi connectivity index (χ1n) is 4.16. The van der Waals surface area contributed by atoms with Gasteiger partial charge >= 0.3 is 0 Å². The van der Waals surface area contributed by atoms with E-state index in [-0.39, 0.29) is 0 Å². The summed E-state index contributed by atoms with van der Waals surface area (Å²) in [6, 6.07) is 0.520. The van der Waals surface area contributed by atoms with Crippen LogP contribution in [-0.4, -0.2) is 11.9 Å². The Bertz CT molecular complexity index is 151. The van der Waals surface area contributed by atoms with Gasteiger partial charge in [0.1, 0.15) is 0 Å². The van der Waals surface area contributed by atoms with Gasteiger partial charge in [-0.05, 0) is 25.7 Å². The number of carbonyl (C=O) groups excluding carboxylic acids is 1. The van der Waals surface area contributed by atoms with Crippen molar-refractivity contribution < 1.29 is 4.79 Å². The smallest absolute Gasteiger partial charge is 0.223 e. The van der Waals surface area contributed by atoms with Gasteiger partial charge in [-0.2, -0.15) is 0 Å². The number of amides is 1. The zero-order chi connectivity index (χ0) is 6.97. The monoisotopic (exact) mass is 139 g/mol. The molecule has 2 aliphatic heterocycles. The molecule has 2 atom stereocenters. The van der Waals surface area contributed by atoms with Crippen molar-refractivity contribution in [2.45, 2.75) is 38.1 Å². The van der Waals surface area contributed by atoms with Crippen LogP contribution in [-0.2, 0) is 4.79 Å². The van der Waals surface area contributed by atoms with E-state index in [2.05, 4.69) is 5.32 Å². The molecule has 3 aliphatic rings. The quantitative estimate of drug-likeness (QED) is 0.534. The van der Waals surface area contributed by atoms with Crippen molar-refractivity contribution in [3.8, 4) is 0 Å². The highest BCUT2D eigenvalue weighted by atomic mass is 16.2. The lowest BCUT2D eigenvalue weighted by Crippen LogP contribution is -2.41. The minimum Gasteiger partial charge on any atom is -0.353 e. The summed E-state index contributed by atoms with van der Waals surface area (Å²) in [7, 11) is 0. The molecule has 56 valence electrons. The topological polar surface area (TPSA) is 29.1 Å². The highest BCUT2D eigenvalue weighted by molar-refractivity contribution is 5.79. The third kappa shape index (κ3) is 0.917. The second kappa shape index (κ2) is 2.26. The van der Waals surface area contributed by atoms with Crippen LogP contribution >= 0.6 is 0 Å². The third-order valence-electron chi connectivity index (χ3n) is 2.69. The fraction of sp³-hybridized carbons (Fsp3) is 0.875. The van der Waals surface area contributed by atoms with Gasteiger partial charge in [-0.25, -0.2) is 0 Å². The van der Waals surface area contributed by atoms with Gasteiger partial charge in [0.05, 0.1) is 0 Å². The first kappa shape index (κ1) is 6.20. The standard InChI is InChI=1S/C8H13NO/c10-8-6-2-1-3-7(9-8)5-4-6/h6-7H,1-5H2,(H,9,10). The first-order valence-corrected chi connectivity index (χ1v) is 4.16. The molecular formula is C8H13NO. The molecule has 1 amide bonds. The predicted octanol–water partition coefficient (Wildman–Crippen LogP) is 1.07. The number of hydrogen-bond acceptors (Lipinski definition) is 1. The maximum absolute atomic E-state index is 11.2. The third-order valence-corrected chi connectivity index (χ3v) is 2.69. The summed E-state index contributed by atoms with van der Waals surface area (Å²) in [4.78, 5) is 11.2. The van der Waals surface area contributed by atoms with Crippen molar-refractivity contribution in [2.24, 2.45) is 5.92 Å². The number of piperidine rings is 1. The fourth-order valence-electron chi connectivity index (χ4n) is 2.03. The molecule has 1 aliphatic carbocycles. The molecule has 10 heavy (non-hydrogen) atoms. The van der Waals surface area contributed by atoms with Crippen LogP contribution in [0.3, 0.4) is 0 Å². The van der Waals surface area contributed by atoms with Crippen LogP contribution in [0.5, 0.6) is 0 Å². The van der Waals surface area contributed by atoms with E-state index in [0.29, 0.717) is 17.9 Å². The van der Waals surface area contributed by atoms with E-state index in [9.17, 15) is 4.79 Å². The zero-order valence-corrected chi connectivity index (χ0v) is 6.10. The summed E-state index contributed by atoms with van der Waals surface area (Å²) in [5.41, 5.74) is 0. The second-order valence-electron chi connectivity index (χ2n) is 3.41. The molecule has 0 radical (unpaired) electrons. The SMILES string of the molecule is O=C1NC2CCCC1CC2. The Morgan fingerprint density at radius 1 is 1.20 bits per heavy atom. The molecule has 0 spiro atoms. The van der Waals surface area contributed by atoms with Crippen molar-refractivity contribution in [1.82, 2.24) is 5.32 Å². The van der Waals surface area contributed by atoms with Crippen molar-refractivity contribution in [3.63, 3.8) is 0 Å².